The van der Waals surface area contributed by atoms with Gasteiger partial charge >= 0.3 is 0 Å². The number of anilines is 2. The van der Waals surface area contributed by atoms with E-state index in [1.165, 1.54) is 12.8 Å². The van der Waals surface area contributed by atoms with Gasteiger partial charge in [-0.3, -0.25) is 4.79 Å². The van der Waals surface area contributed by atoms with Gasteiger partial charge < -0.3 is 20.3 Å². The van der Waals surface area contributed by atoms with Crippen LogP contribution in [0.25, 0.3) is 0 Å². The van der Waals surface area contributed by atoms with Gasteiger partial charge in [0, 0.05) is 43.2 Å². The standard InChI is InChI=1S/C19H29N3O2/c1-14(2)22-11-9-17(10-12-22)20-15-5-7-16(8-6-15)21-19(23)18-4-3-13-24-18/h5-8,14,17-18,20H,3-4,9-13H2,1-2H3,(H,21,23)/t18-/m0/s1. The largest absolute Gasteiger partial charge is 0.382 e. The second kappa shape index (κ2) is 7.99. The number of nitrogens with one attached hydrogen (secondary N) is 2. The molecule has 0 aliphatic carbocycles. The van der Waals surface area contributed by atoms with Crippen molar-refractivity contribution in [2.24, 2.45) is 0 Å². The van der Waals surface area contributed by atoms with Crippen LogP contribution in [-0.2, 0) is 9.53 Å². The highest BCUT2D eigenvalue weighted by molar-refractivity contribution is 5.94. The summed E-state index contributed by atoms with van der Waals surface area (Å²) < 4.78 is 5.41. The summed E-state index contributed by atoms with van der Waals surface area (Å²) in [5.74, 6) is -0.0331. The van der Waals surface area contributed by atoms with E-state index in [9.17, 15) is 4.79 Å². The molecule has 5 nitrogen and oxygen atoms in total. The fraction of sp³-hybridized carbons (Fsp3) is 0.632. The molecule has 2 aliphatic heterocycles. The zero-order valence-corrected chi connectivity index (χ0v) is 14.8. The van der Waals surface area contributed by atoms with Gasteiger partial charge in [0.05, 0.1) is 0 Å². The fourth-order valence-corrected chi connectivity index (χ4v) is 3.45. The molecule has 132 valence electrons. The van der Waals surface area contributed by atoms with Crippen molar-refractivity contribution in [1.82, 2.24) is 4.90 Å². The summed E-state index contributed by atoms with van der Waals surface area (Å²) in [6.45, 7) is 7.53. The van der Waals surface area contributed by atoms with E-state index < -0.39 is 0 Å². The summed E-state index contributed by atoms with van der Waals surface area (Å²) >= 11 is 0. The lowest BCUT2D eigenvalue weighted by molar-refractivity contribution is -0.124. The maximum atomic E-state index is 12.0. The van der Waals surface area contributed by atoms with E-state index in [4.69, 9.17) is 4.74 Å². The van der Waals surface area contributed by atoms with Crippen LogP contribution >= 0.6 is 0 Å². The van der Waals surface area contributed by atoms with Gasteiger partial charge in [0.25, 0.3) is 5.91 Å². The van der Waals surface area contributed by atoms with Crippen LogP contribution in [0.5, 0.6) is 0 Å². The van der Waals surface area contributed by atoms with Crippen molar-refractivity contribution in [3.05, 3.63) is 24.3 Å². The molecular formula is C19H29N3O2. The molecule has 0 spiro atoms. The highest BCUT2D eigenvalue weighted by Crippen LogP contribution is 2.20. The molecule has 1 atom stereocenters. The number of rotatable bonds is 5. The van der Waals surface area contributed by atoms with E-state index in [2.05, 4.69) is 29.4 Å². The molecule has 2 aliphatic rings. The molecular weight excluding hydrogens is 302 g/mol. The van der Waals surface area contributed by atoms with E-state index in [1.54, 1.807) is 0 Å². The predicted octanol–water partition coefficient (Wildman–Crippen LogP) is 3.09. The van der Waals surface area contributed by atoms with Crippen LogP contribution in [0.2, 0.25) is 0 Å². The number of nitrogens with zero attached hydrogens (tertiary/aromatic N) is 1. The molecule has 3 rings (SSSR count). The molecule has 0 unspecified atom stereocenters. The van der Waals surface area contributed by atoms with Crippen LogP contribution in [-0.4, -0.2) is 48.7 Å². The number of piperidine rings is 1. The van der Waals surface area contributed by atoms with E-state index in [1.807, 2.05) is 24.3 Å². The maximum Gasteiger partial charge on any atom is 0.253 e. The molecule has 2 N–H and O–H groups in total. The smallest absolute Gasteiger partial charge is 0.253 e. The molecule has 0 aromatic heterocycles. The van der Waals surface area contributed by atoms with Crippen molar-refractivity contribution >= 4 is 17.3 Å². The first-order valence-electron chi connectivity index (χ1n) is 9.15. The molecule has 24 heavy (non-hydrogen) atoms. The minimum atomic E-state index is -0.283. The summed E-state index contributed by atoms with van der Waals surface area (Å²) in [7, 11) is 0. The van der Waals surface area contributed by atoms with Gasteiger partial charge in [-0.05, 0) is 63.8 Å². The zero-order valence-electron chi connectivity index (χ0n) is 14.8. The Morgan fingerprint density at radius 1 is 1.12 bits per heavy atom. The van der Waals surface area contributed by atoms with Crippen molar-refractivity contribution in [3.8, 4) is 0 Å². The third-order valence-corrected chi connectivity index (χ3v) is 5.01. The number of carbonyl (C=O) groups is 1. The van der Waals surface area contributed by atoms with Gasteiger partial charge in [-0.1, -0.05) is 0 Å². The van der Waals surface area contributed by atoms with Crippen LogP contribution in [0.3, 0.4) is 0 Å². The Bertz CT molecular complexity index is 530. The Hall–Kier alpha value is -1.59. The highest BCUT2D eigenvalue weighted by atomic mass is 16.5. The number of amides is 1. The number of carbonyl (C=O) groups excluding carboxylic acids is 1. The van der Waals surface area contributed by atoms with Gasteiger partial charge in [-0.15, -0.1) is 0 Å². The molecule has 0 radical (unpaired) electrons. The van der Waals surface area contributed by atoms with Crippen LogP contribution in [0.4, 0.5) is 11.4 Å². The lowest BCUT2D eigenvalue weighted by Crippen LogP contribution is -2.42. The number of hydrogen-bond donors (Lipinski definition) is 2. The minimum Gasteiger partial charge on any atom is -0.382 e. The number of benzene rings is 1. The summed E-state index contributed by atoms with van der Waals surface area (Å²) in [6, 6.07) is 9.17. The van der Waals surface area contributed by atoms with Crippen molar-refractivity contribution in [2.45, 2.75) is 57.7 Å². The maximum absolute atomic E-state index is 12.0. The van der Waals surface area contributed by atoms with E-state index in [0.717, 1.165) is 37.3 Å². The van der Waals surface area contributed by atoms with E-state index in [-0.39, 0.29) is 12.0 Å². The zero-order chi connectivity index (χ0) is 16.9. The summed E-state index contributed by atoms with van der Waals surface area (Å²) in [4.78, 5) is 14.6. The first-order valence-corrected chi connectivity index (χ1v) is 9.15. The Labute approximate surface area is 144 Å². The van der Waals surface area contributed by atoms with Gasteiger partial charge in [0.2, 0.25) is 0 Å². The van der Waals surface area contributed by atoms with E-state index in [0.29, 0.717) is 18.7 Å². The van der Waals surface area contributed by atoms with Gasteiger partial charge in [-0.2, -0.15) is 0 Å². The van der Waals surface area contributed by atoms with Gasteiger partial charge in [0.15, 0.2) is 0 Å². The Balaban J connectivity index is 1.47. The van der Waals surface area contributed by atoms with Crippen LogP contribution in [0.15, 0.2) is 24.3 Å². The SMILES string of the molecule is CC(C)N1CCC(Nc2ccc(NC(=O)[C@@H]3CCCO3)cc2)CC1. The molecule has 0 saturated carbocycles. The first kappa shape index (κ1) is 17.2. The van der Waals surface area contributed by atoms with Gasteiger partial charge in [0.1, 0.15) is 6.10 Å². The molecule has 1 aromatic carbocycles. The second-order valence-corrected chi connectivity index (χ2v) is 7.12. The monoisotopic (exact) mass is 331 g/mol. The highest BCUT2D eigenvalue weighted by Gasteiger charge is 2.23. The predicted molar refractivity (Wildman–Crippen MR) is 97.4 cm³/mol. The minimum absolute atomic E-state index is 0.0331. The molecule has 2 fully saturated rings. The number of ether oxygens (including phenoxy) is 1. The summed E-state index contributed by atoms with van der Waals surface area (Å²) in [5, 5.41) is 6.55. The summed E-state index contributed by atoms with van der Waals surface area (Å²) in [6.07, 6.45) is 3.86. The quantitative estimate of drug-likeness (QED) is 0.870. The molecule has 0 bridgehead atoms. The first-order chi connectivity index (χ1) is 11.6. The Kier molecular flexibility index (Phi) is 5.74. The van der Waals surface area contributed by atoms with Crippen LogP contribution in [0.1, 0.15) is 39.5 Å². The van der Waals surface area contributed by atoms with Crippen molar-refractivity contribution in [2.75, 3.05) is 30.3 Å². The van der Waals surface area contributed by atoms with Gasteiger partial charge in [-0.25, -0.2) is 0 Å². The molecule has 1 amide bonds. The van der Waals surface area contributed by atoms with Crippen molar-refractivity contribution in [1.29, 1.82) is 0 Å². The molecule has 5 heteroatoms. The van der Waals surface area contributed by atoms with Crippen molar-refractivity contribution < 1.29 is 9.53 Å². The topological polar surface area (TPSA) is 53.6 Å². The van der Waals surface area contributed by atoms with Crippen LogP contribution in [0, 0.1) is 0 Å². The average Bonchev–Trinajstić information content (AvgIpc) is 3.12. The Morgan fingerprint density at radius 2 is 1.79 bits per heavy atom. The number of likely N-dealkylation sites (tertiary alicyclic amines) is 1. The lowest BCUT2D eigenvalue weighted by Gasteiger charge is -2.35. The number of hydrogen-bond acceptors (Lipinski definition) is 4. The third-order valence-electron chi connectivity index (χ3n) is 5.01. The molecule has 1 aromatic rings. The Morgan fingerprint density at radius 3 is 2.38 bits per heavy atom. The normalized spacial score (nSPS) is 22.7. The fourth-order valence-electron chi connectivity index (χ4n) is 3.45. The summed E-state index contributed by atoms with van der Waals surface area (Å²) in [5.41, 5.74) is 1.95. The molecule has 2 saturated heterocycles. The van der Waals surface area contributed by atoms with Crippen molar-refractivity contribution in [3.63, 3.8) is 0 Å². The van der Waals surface area contributed by atoms with Crippen LogP contribution < -0.4 is 10.6 Å². The third kappa shape index (κ3) is 4.48. The molecule has 2 heterocycles. The lowest BCUT2D eigenvalue weighted by atomic mass is 10.0. The van der Waals surface area contributed by atoms with E-state index >= 15 is 0 Å². The average molecular weight is 331 g/mol. The second-order valence-electron chi connectivity index (χ2n) is 7.12.